The van der Waals surface area contributed by atoms with Crippen molar-refractivity contribution in [3.05, 3.63) is 72.4 Å². The van der Waals surface area contributed by atoms with Crippen LogP contribution in [0.5, 0.6) is 0 Å². The summed E-state index contributed by atoms with van der Waals surface area (Å²) in [6, 6.07) is 19.9. The predicted molar refractivity (Wildman–Crippen MR) is 97.5 cm³/mol. The third kappa shape index (κ3) is 3.34. The first kappa shape index (κ1) is 16.3. The molecule has 1 heterocycles. The van der Waals surface area contributed by atoms with E-state index in [0.717, 1.165) is 18.5 Å². The van der Waals surface area contributed by atoms with Crippen molar-refractivity contribution in [1.82, 2.24) is 9.88 Å². The minimum atomic E-state index is -1.01. The molecule has 0 aliphatic heterocycles. The number of fused-ring (bicyclic) bond motifs is 1. The Kier molecular flexibility index (Phi) is 4.67. The lowest BCUT2D eigenvalue weighted by Gasteiger charge is -2.24. The Labute approximate surface area is 142 Å². The summed E-state index contributed by atoms with van der Waals surface area (Å²) in [4.78, 5) is 12.4. The van der Waals surface area contributed by atoms with Gasteiger partial charge in [0.2, 0.25) is 5.91 Å². The fourth-order valence-corrected chi connectivity index (χ4v) is 2.89. The van der Waals surface area contributed by atoms with Gasteiger partial charge in [-0.3, -0.25) is 4.79 Å². The van der Waals surface area contributed by atoms with Crippen molar-refractivity contribution in [1.29, 1.82) is 0 Å². The minimum Gasteiger partial charge on any atom is -0.354 e. The number of aryl methyl sites for hydroxylation is 1. The lowest BCUT2D eigenvalue weighted by atomic mass is 9.92. The molecule has 0 spiro atoms. The highest BCUT2D eigenvalue weighted by molar-refractivity contribution is 5.87. The summed E-state index contributed by atoms with van der Waals surface area (Å²) in [5, 5.41) is 4.19. The second kappa shape index (κ2) is 6.89. The van der Waals surface area contributed by atoms with E-state index in [1.54, 1.807) is 6.92 Å². The molecule has 0 fully saturated rings. The number of carbonyl (C=O) groups is 1. The maximum absolute atomic E-state index is 12.4. The van der Waals surface area contributed by atoms with Gasteiger partial charge in [-0.15, -0.1) is 0 Å². The van der Waals surface area contributed by atoms with Gasteiger partial charge in [0.1, 0.15) is 5.54 Å². The van der Waals surface area contributed by atoms with Crippen molar-refractivity contribution in [3.8, 4) is 0 Å². The van der Waals surface area contributed by atoms with Gasteiger partial charge in [0.25, 0.3) is 0 Å². The number of nitrogens with one attached hydrogen (secondary N) is 1. The topological polar surface area (TPSA) is 60.1 Å². The van der Waals surface area contributed by atoms with Gasteiger partial charge >= 0.3 is 0 Å². The molecule has 3 aromatic rings. The molecule has 4 nitrogen and oxygen atoms in total. The molecule has 2 aromatic carbocycles. The van der Waals surface area contributed by atoms with Crippen molar-refractivity contribution < 1.29 is 4.79 Å². The summed E-state index contributed by atoms with van der Waals surface area (Å²) in [6.07, 6.45) is 2.94. The van der Waals surface area contributed by atoms with Crippen molar-refractivity contribution >= 4 is 16.8 Å². The molecule has 0 aliphatic carbocycles. The molecule has 0 aliphatic rings. The van der Waals surface area contributed by atoms with E-state index in [1.807, 2.05) is 42.5 Å². The van der Waals surface area contributed by atoms with E-state index in [4.69, 9.17) is 5.73 Å². The van der Waals surface area contributed by atoms with E-state index in [0.29, 0.717) is 6.54 Å². The first-order chi connectivity index (χ1) is 11.6. The third-order valence-electron chi connectivity index (χ3n) is 4.39. The lowest BCUT2D eigenvalue weighted by molar-refractivity contribution is -0.126. The SMILES string of the molecule is CC(N)(C(=O)NCCCn1ccc2ccccc21)c1ccccc1. The van der Waals surface area contributed by atoms with Gasteiger partial charge in [-0.1, -0.05) is 48.5 Å². The average molecular weight is 321 g/mol. The first-order valence-electron chi connectivity index (χ1n) is 8.25. The van der Waals surface area contributed by atoms with Gasteiger partial charge in [0.15, 0.2) is 0 Å². The number of nitrogens with two attached hydrogens (primary N) is 1. The Bertz CT molecular complexity index is 821. The van der Waals surface area contributed by atoms with Crippen molar-refractivity contribution in [3.63, 3.8) is 0 Å². The zero-order chi connectivity index (χ0) is 17.0. The van der Waals surface area contributed by atoms with Gasteiger partial charge in [-0.2, -0.15) is 0 Å². The molecular formula is C20H23N3O. The number of nitrogens with zero attached hydrogens (tertiary/aromatic N) is 1. The summed E-state index contributed by atoms with van der Waals surface area (Å²) in [7, 11) is 0. The van der Waals surface area contributed by atoms with Crippen LogP contribution in [0.15, 0.2) is 66.9 Å². The van der Waals surface area contributed by atoms with Gasteiger partial charge in [-0.05, 0) is 36.4 Å². The lowest BCUT2D eigenvalue weighted by Crippen LogP contribution is -2.49. The smallest absolute Gasteiger partial charge is 0.244 e. The maximum Gasteiger partial charge on any atom is 0.244 e. The fraction of sp³-hybridized carbons (Fsp3) is 0.250. The summed E-state index contributed by atoms with van der Waals surface area (Å²) in [6.45, 7) is 3.21. The highest BCUT2D eigenvalue weighted by atomic mass is 16.2. The van der Waals surface area contributed by atoms with E-state index in [-0.39, 0.29) is 5.91 Å². The van der Waals surface area contributed by atoms with E-state index in [1.165, 1.54) is 10.9 Å². The third-order valence-corrected chi connectivity index (χ3v) is 4.39. The van der Waals surface area contributed by atoms with Crippen LogP contribution in [0.1, 0.15) is 18.9 Å². The van der Waals surface area contributed by atoms with Gasteiger partial charge < -0.3 is 15.6 Å². The number of hydrogen-bond acceptors (Lipinski definition) is 2. The molecule has 0 saturated heterocycles. The monoisotopic (exact) mass is 321 g/mol. The summed E-state index contributed by atoms with van der Waals surface area (Å²) in [5.74, 6) is -0.147. The first-order valence-corrected chi connectivity index (χ1v) is 8.25. The van der Waals surface area contributed by atoms with E-state index < -0.39 is 5.54 Å². The van der Waals surface area contributed by atoms with Crippen molar-refractivity contribution in [2.75, 3.05) is 6.54 Å². The van der Waals surface area contributed by atoms with Crippen LogP contribution >= 0.6 is 0 Å². The average Bonchev–Trinajstić information content (AvgIpc) is 3.02. The van der Waals surface area contributed by atoms with Gasteiger partial charge in [0, 0.05) is 24.8 Å². The summed E-state index contributed by atoms with van der Waals surface area (Å²) in [5.41, 5.74) is 7.24. The van der Waals surface area contributed by atoms with Gasteiger partial charge in [-0.25, -0.2) is 0 Å². The summed E-state index contributed by atoms with van der Waals surface area (Å²) >= 11 is 0. The second-order valence-corrected chi connectivity index (χ2v) is 6.25. The number of amides is 1. The molecule has 0 radical (unpaired) electrons. The molecule has 0 saturated carbocycles. The van der Waals surface area contributed by atoms with Crippen molar-refractivity contribution in [2.45, 2.75) is 25.4 Å². The fourth-order valence-electron chi connectivity index (χ4n) is 2.89. The Morgan fingerprint density at radius 2 is 1.79 bits per heavy atom. The van der Waals surface area contributed by atoms with Crippen LogP contribution in [0.4, 0.5) is 0 Å². The van der Waals surface area contributed by atoms with E-state index in [9.17, 15) is 4.79 Å². The number of hydrogen-bond donors (Lipinski definition) is 2. The second-order valence-electron chi connectivity index (χ2n) is 6.25. The molecule has 124 valence electrons. The molecule has 3 N–H and O–H groups in total. The van der Waals surface area contributed by atoms with Crippen molar-refractivity contribution in [2.24, 2.45) is 5.73 Å². The zero-order valence-electron chi connectivity index (χ0n) is 13.9. The van der Waals surface area contributed by atoms with Crippen LogP contribution in [0.25, 0.3) is 10.9 Å². The van der Waals surface area contributed by atoms with Crippen LogP contribution in [-0.2, 0) is 16.9 Å². The number of carbonyl (C=O) groups excluding carboxylic acids is 1. The quantitative estimate of drug-likeness (QED) is 0.686. The standard InChI is InChI=1S/C20H23N3O/c1-20(21,17-9-3-2-4-10-17)19(24)22-13-7-14-23-15-12-16-8-5-6-11-18(16)23/h2-6,8-12,15H,7,13-14,21H2,1H3,(H,22,24). The number of aromatic nitrogens is 1. The van der Waals surface area contributed by atoms with Crippen LogP contribution in [-0.4, -0.2) is 17.0 Å². The number of rotatable bonds is 6. The number of benzene rings is 2. The molecule has 24 heavy (non-hydrogen) atoms. The number of para-hydroxylation sites is 1. The minimum absolute atomic E-state index is 0.147. The van der Waals surface area contributed by atoms with E-state index in [2.05, 4.69) is 34.3 Å². The maximum atomic E-state index is 12.4. The Hall–Kier alpha value is -2.59. The van der Waals surface area contributed by atoms with Gasteiger partial charge in [0.05, 0.1) is 0 Å². The van der Waals surface area contributed by atoms with Crippen LogP contribution in [0, 0.1) is 0 Å². The molecule has 3 rings (SSSR count). The molecule has 0 bridgehead atoms. The van der Waals surface area contributed by atoms with Crippen LogP contribution < -0.4 is 11.1 Å². The predicted octanol–water partition coefficient (Wildman–Crippen LogP) is 3.02. The molecular weight excluding hydrogens is 298 g/mol. The largest absolute Gasteiger partial charge is 0.354 e. The summed E-state index contributed by atoms with van der Waals surface area (Å²) < 4.78 is 2.21. The molecule has 1 unspecified atom stereocenters. The Morgan fingerprint density at radius 3 is 2.58 bits per heavy atom. The van der Waals surface area contributed by atoms with Crippen LogP contribution in [0.2, 0.25) is 0 Å². The Morgan fingerprint density at radius 1 is 1.08 bits per heavy atom. The molecule has 1 aromatic heterocycles. The highest BCUT2D eigenvalue weighted by Crippen LogP contribution is 2.17. The molecule has 1 atom stereocenters. The molecule has 1 amide bonds. The van der Waals surface area contributed by atoms with Crippen LogP contribution in [0.3, 0.4) is 0 Å². The van der Waals surface area contributed by atoms with E-state index >= 15 is 0 Å². The normalized spacial score (nSPS) is 13.6. The zero-order valence-corrected chi connectivity index (χ0v) is 13.9. The molecule has 4 heteroatoms. The highest BCUT2D eigenvalue weighted by Gasteiger charge is 2.29. The Balaban J connectivity index is 1.54.